The lowest BCUT2D eigenvalue weighted by Gasteiger charge is -2.35. The van der Waals surface area contributed by atoms with Gasteiger partial charge in [0.1, 0.15) is 5.82 Å². The fourth-order valence-electron chi connectivity index (χ4n) is 4.87. The number of benzene rings is 3. The number of hydrogen-bond donors (Lipinski definition) is 1. The van der Waals surface area contributed by atoms with E-state index in [9.17, 15) is 21.2 Å². The Balaban J connectivity index is 1.58. The van der Waals surface area contributed by atoms with Crippen LogP contribution in [0.25, 0.3) is 0 Å². The molecule has 1 saturated heterocycles. The van der Waals surface area contributed by atoms with Crippen molar-refractivity contribution in [3.63, 3.8) is 0 Å². The van der Waals surface area contributed by atoms with Crippen LogP contribution in [0, 0.1) is 5.82 Å². The van der Waals surface area contributed by atoms with E-state index in [2.05, 4.69) is 4.40 Å². The van der Waals surface area contributed by atoms with Crippen molar-refractivity contribution in [1.29, 1.82) is 0 Å². The van der Waals surface area contributed by atoms with Gasteiger partial charge in [0.05, 0.1) is 22.4 Å². The van der Waals surface area contributed by atoms with Crippen molar-refractivity contribution in [3.05, 3.63) is 101 Å². The molecule has 40 heavy (non-hydrogen) atoms. The lowest BCUT2D eigenvalue weighted by atomic mass is 9.91. The van der Waals surface area contributed by atoms with Crippen LogP contribution < -0.4 is 5.14 Å². The van der Waals surface area contributed by atoms with Crippen LogP contribution in [-0.4, -0.2) is 63.3 Å². The van der Waals surface area contributed by atoms with Crippen molar-refractivity contribution in [2.75, 3.05) is 19.6 Å². The maximum Gasteiger partial charge on any atom is 0.285 e. The summed E-state index contributed by atoms with van der Waals surface area (Å²) >= 11 is 5.95. The van der Waals surface area contributed by atoms with Gasteiger partial charge < -0.3 is 4.90 Å². The van der Waals surface area contributed by atoms with Crippen molar-refractivity contribution in [2.24, 2.45) is 14.6 Å². The molecule has 3 aromatic carbocycles. The first-order chi connectivity index (χ1) is 19.0. The van der Waals surface area contributed by atoms with Crippen LogP contribution in [-0.2, 0) is 20.0 Å². The maximum atomic E-state index is 13.7. The maximum absolute atomic E-state index is 13.7. The number of likely N-dealkylation sites (tertiary alicyclic amines) is 1. The minimum atomic E-state index is -4.19. The molecule has 0 bridgehead atoms. The molecule has 210 valence electrons. The van der Waals surface area contributed by atoms with Crippen LogP contribution in [0.2, 0.25) is 5.02 Å². The molecule has 13 heteroatoms. The summed E-state index contributed by atoms with van der Waals surface area (Å²) in [7, 11) is -7.93. The molecule has 9 nitrogen and oxygen atoms in total. The van der Waals surface area contributed by atoms with Gasteiger partial charge in [-0.1, -0.05) is 54.1 Å². The highest BCUT2D eigenvalue weighted by Gasteiger charge is 2.37. The SMILES string of the molecule is NS(=O)(=O)C1CCN(C(=NS(=O)(=O)c2ccc(Cl)cc2)N2CC(c3ccccc3)C(c3ccc(F)cc3)=N2)CC1. The number of primary sulfonamides is 1. The second-order valence-electron chi connectivity index (χ2n) is 9.63. The molecule has 0 aromatic heterocycles. The van der Waals surface area contributed by atoms with Gasteiger partial charge in [-0.15, -0.1) is 4.40 Å². The Bertz CT molecular complexity index is 1640. The lowest BCUT2D eigenvalue weighted by Crippen LogP contribution is -2.49. The third-order valence-electron chi connectivity index (χ3n) is 6.99. The summed E-state index contributed by atoms with van der Waals surface area (Å²) in [6, 6.07) is 21.2. The molecule has 2 N–H and O–H groups in total. The molecule has 1 fully saturated rings. The van der Waals surface area contributed by atoms with Gasteiger partial charge in [-0.05, 0) is 60.4 Å². The quantitative estimate of drug-likeness (QED) is 0.349. The number of halogens is 2. The molecule has 0 aliphatic carbocycles. The van der Waals surface area contributed by atoms with Crippen LogP contribution in [0.5, 0.6) is 0 Å². The van der Waals surface area contributed by atoms with E-state index in [-0.39, 0.29) is 55.1 Å². The Morgan fingerprint density at radius 2 is 1.55 bits per heavy atom. The molecule has 2 heterocycles. The average Bonchev–Trinajstić information content (AvgIpc) is 3.38. The van der Waals surface area contributed by atoms with E-state index in [1.807, 2.05) is 30.3 Å². The van der Waals surface area contributed by atoms with E-state index >= 15 is 0 Å². The van der Waals surface area contributed by atoms with Gasteiger partial charge in [-0.2, -0.15) is 13.5 Å². The Labute approximate surface area is 237 Å². The molecule has 2 aliphatic rings. The minimum Gasteiger partial charge on any atom is -0.340 e. The van der Waals surface area contributed by atoms with Crippen molar-refractivity contribution in [3.8, 4) is 0 Å². The number of nitrogens with two attached hydrogens (primary N) is 1. The number of rotatable bonds is 5. The average molecular weight is 604 g/mol. The second kappa shape index (κ2) is 11.3. The van der Waals surface area contributed by atoms with Crippen LogP contribution in [0.3, 0.4) is 0 Å². The number of guanidine groups is 1. The Hall–Kier alpha value is -3.32. The predicted octanol–water partition coefficient (Wildman–Crippen LogP) is 3.78. The molecule has 0 radical (unpaired) electrons. The van der Waals surface area contributed by atoms with Gasteiger partial charge in [0.15, 0.2) is 0 Å². The molecule has 1 unspecified atom stereocenters. The van der Waals surface area contributed by atoms with Gasteiger partial charge in [0, 0.05) is 24.0 Å². The van der Waals surface area contributed by atoms with Gasteiger partial charge >= 0.3 is 0 Å². The van der Waals surface area contributed by atoms with Gasteiger partial charge in [-0.3, -0.25) is 0 Å². The minimum absolute atomic E-state index is 0.0460. The van der Waals surface area contributed by atoms with E-state index in [1.165, 1.54) is 41.4 Å². The van der Waals surface area contributed by atoms with E-state index in [4.69, 9.17) is 21.8 Å². The summed E-state index contributed by atoms with van der Waals surface area (Å²) in [5, 5.41) is 11.4. The zero-order valence-corrected chi connectivity index (χ0v) is 23.7. The monoisotopic (exact) mass is 603 g/mol. The number of sulfonamides is 2. The van der Waals surface area contributed by atoms with E-state index in [0.29, 0.717) is 16.3 Å². The lowest BCUT2D eigenvalue weighted by molar-refractivity contribution is 0.291. The largest absolute Gasteiger partial charge is 0.340 e. The second-order valence-corrected chi connectivity index (χ2v) is 13.5. The van der Waals surface area contributed by atoms with E-state index in [0.717, 1.165) is 5.56 Å². The molecule has 3 aromatic rings. The standard InChI is InChI=1S/C27H27ClFN5O4S2/c28-21-8-12-24(13-9-21)40(37,38)32-27(33-16-14-23(15-17-33)39(30,35)36)34-18-25(19-4-2-1-3-5-19)26(31-34)20-6-10-22(29)11-7-20/h1-13,23,25H,14-18H2,(H2,30,35,36). The molecular weight excluding hydrogens is 577 g/mol. The zero-order valence-electron chi connectivity index (χ0n) is 21.3. The third-order valence-corrected chi connectivity index (χ3v) is 9.91. The first-order valence-corrected chi connectivity index (χ1v) is 16.0. The fourth-order valence-corrected chi connectivity index (χ4v) is 6.88. The van der Waals surface area contributed by atoms with Gasteiger partial charge in [0.2, 0.25) is 16.0 Å². The summed E-state index contributed by atoms with van der Waals surface area (Å²) < 4.78 is 68.7. The van der Waals surface area contributed by atoms with Gasteiger partial charge in [0.25, 0.3) is 10.0 Å². The number of hydrogen-bond acceptors (Lipinski definition) is 5. The summed E-state index contributed by atoms with van der Waals surface area (Å²) in [6.45, 7) is 0.689. The number of hydrazone groups is 1. The molecule has 5 rings (SSSR count). The smallest absolute Gasteiger partial charge is 0.285 e. The molecular formula is C27H27ClFN5O4S2. The third kappa shape index (κ3) is 6.20. The highest BCUT2D eigenvalue weighted by Crippen LogP contribution is 2.31. The van der Waals surface area contributed by atoms with Crippen LogP contribution in [0.1, 0.15) is 29.9 Å². The first kappa shape index (κ1) is 28.2. The number of nitrogens with zero attached hydrogens (tertiary/aromatic N) is 4. The van der Waals surface area contributed by atoms with E-state index in [1.54, 1.807) is 17.0 Å². The first-order valence-electron chi connectivity index (χ1n) is 12.6. The fraction of sp³-hybridized carbons (Fsp3) is 0.259. The van der Waals surface area contributed by atoms with Gasteiger partial charge in [-0.25, -0.2) is 23.0 Å². The molecule has 0 spiro atoms. The highest BCUT2D eigenvalue weighted by atomic mass is 35.5. The van der Waals surface area contributed by atoms with Crippen molar-refractivity contribution in [1.82, 2.24) is 9.91 Å². The topological polar surface area (TPSA) is 126 Å². The Kier molecular flexibility index (Phi) is 7.96. The summed E-state index contributed by atoms with van der Waals surface area (Å²) in [5.74, 6) is -0.581. The number of piperidine rings is 1. The predicted molar refractivity (Wildman–Crippen MR) is 153 cm³/mol. The summed E-state index contributed by atoms with van der Waals surface area (Å²) in [5.41, 5.74) is 2.26. The molecule has 0 saturated carbocycles. The van der Waals surface area contributed by atoms with Crippen molar-refractivity contribution >= 4 is 43.3 Å². The summed E-state index contributed by atoms with van der Waals surface area (Å²) in [4.78, 5) is 1.67. The molecule has 0 amide bonds. The van der Waals surface area contributed by atoms with Crippen LogP contribution in [0.4, 0.5) is 4.39 Å². The molecule has 1 atom stereocenters. The Morgan fingerprint density at radius 3 is 2.15 bits per heavy atom. The highest BCUT2D eigenvalue weighted by molar-refractivity contribution is 7.90. The zero-order chi connectivity index (χ0) is 28.5. The summed E-state index contributed by atoms with van der Waals surface area (Å²) in [6.07, 6.45) is 0.423. The molecule has 2 aliphatic heterocycles. The van der Waals surface area contributed by atoms with Crippen molar-refractivity contribution in [2.45, 2.75) is 28.9 Å². The normalized spacial score (nSPS) is 19.1. The Morgan fingerprint density at radius 1 is 0.925 bits per heavy atom. The van der Waals surface area contributed by atoms with Crippen LogP contribution in [0.15, 0.2) is 93.3 Å². The van der Waals surface area contributed by atoms with Crippen molar-refractivity contribution < 1.29 is 21.2 Å². The van der Waals surface area contributed by atoms with E-state index < -0.39 is 25.3 Å². The van der Waals surface area contributed by atoms with Crippen LogP contribution >= 0.6 is 11.6 Å².